The van der Waals surface area contributed by atoms with Gasteiger partial charge in [-0.1, -0.05) is 13.3 Å². The predicted octanol–water partition coefficient (Wildman–Crippen LogP) is 0.596. The Morgan fingerprint density at radius 3 is 2.69 bits per heavy atom. The zero-order valence-electron chi connectivity index (χ0n) is 19.5. The molecule has 0 bridgehead atoms. The number of likely N-dealkylation sites (N-methyl/N-ethyl adjacent to an activating group) is 1. The maximum absolute atomic E-state index is 11.3. The van der Waals surface area contributed by atoms with E-state index in [2.05, 4.69) is 24.2 Å². The second-order valence-corrected chi connectivity index (χ2v) is 11.6. The third kappa shape index (κ3) is 3.74. The fourth-order valence-corrected chi connectivity index (χ4v) is 8.16. The van der Waals surface area contributed by atoms with Crippen LogP contribution >= 0.6 is 11.6 Å². The first-order valence-electron chi connectivity index (χ1n) is 12.7. The van der Waals surface area contributed by atoms with Crippen LogP contribution in [0.1, 0.15) is 45.4 Å². The topological polar surface area (TPSA) is 100 Å². The summed E-state index contributed by atoms with van der Waals surface area (Å²) < 4.78 is 13.4. The number of ether oxygens (including phenoxy) is 2. The maximum Gasteiger partial charge on any atom is 0.224 e. The second-order valence-electron chi connectivity index (χ2n) is 11.0. The normalized spacial score (nSPS) is 54.4. The summed E-state index contributed by atoms with van der Waals surface area (Å²) in [6, 6.07) is 0. The molecule has 0 radical (unpaired) electrons. The Morgan fingerprint density at radius 2 is 1.91 bits per heavy atom. The monoisotopic (exact) mass is 473 g/mol. The standard InChI is InChI=1S/C23H42ClN4O4/c1-3-9-27-12-26-21(25)15-7-10-28(2,22(15)27)23-18(30)17(29)20(32-23)19-14-5-4-6-16(24)13(14)8-11-31-19/h13-23,26,29-30H,3-12,25H2,1-2H3/q+1/t13?,14?,15?,16?,17-,18+,19+,20-,21?,22?,23+,28?/m0/s1. The zero-order valence-corrected chi connectivity index (χ0v) is 20.2. The molecule has 7 unspecified atom stereocenters. The fraction of sp³-hybridized carbons (Fsp3) is 1.00. The van der Waals surface area contributed by atoms with Crippen molar-refractivity contribution in [3.05, 3.63) is 0 Å². The summed E-state index contributed by atoms with van der Waals surface area (Å²) in [6.45, 7) is 5.41. The molecule has 9 heteroatoms. The number of nitrogens with one attached hydrogen (secondary N) is 1. The number of aliphatic hydroxyl groups is 2. The molecule has 4 heterocycles. The van der Waals surface area contributed by atoms with Crippen LogP contribution < -0.4 is 11.1 Å². The lowest BCUT2D eigenvalue weighted by Gasteiger charge is -2.50. The van der Waals surface area contributed by atoms with Crippen molar-refractivity contribution in [3.8, 4) is 0 Å². The Labute approximate surface area is 196 Å². The first kappa shape index (κ1) is 23.7. The zero-order chi connectivity index (χ0) is 22.6. The van der Waals surface area contributed by atoms with E-state index in [4.69, 9.17) is 26.8 Å². The first-order valence-corrected chi connectivity index (χ1v) is 13.2. The summed E-state index contributed by atoms with van der Waals surface area (Å²) in [5.74, 6) is 0.976. The molecule has 4 aliphatic heterocycles. The van der Waals surface area contributed by atoms with Gasteiger partial charge >= 0.3 is 0 Å². The molecular weight excluding hydrogens is 432 g/mol. The molecular formula is C23H42ClN4O4+. The summed E-state index contributed by atoms with van der Waals surface area (Å²) in [7, 11) is 2.17. The Bertz CT molecular complexity index is 676. The van der Waals surface area contributed by atoms with E-state index in [9.17, 15) is 10.2 Å². The third-order valence-corrected chi connectivity index (χ3v) is 9.75. The van der Waals surface area contributed by atoms with Crippen LogP contribution in [0, 0.1) is 17.8 Å². The van der Waals surface area contributed by atoms with E-state index in [1.165, 1.54) is 0 Å². The minimum atomic E-state index is -0.955. The number of hydrogen-bond acceptors (Lipinski definition) is 7. The number of likely N-dealkylation sites (tertiary alicyclic amines) is 1. The molecule has 0 aromatic heterocycles. The first-order chi connectivity index (χ1) is 15.4. The number of hydrogen-bond donors (Lipinski definition) is 4. The molecule has 184 valence electrons. The van der Waals surface area contributed by atoms with Gasteiger partial charge in [-0.25, -0.2) is 4.90 Å². The van der Waals surface area contributed by atoms with Gasteiger partial charge in [0, 0.05) is 24.9 Å². The lowest BCUT2D eigenvalue weighted by Crippen LogP contribution is -2.71. The summed E-state index contributed by atoms with van der Waals surface area (Å²) in [4.78, 5) is 2.45. The summed E-state index contributed by atoms with van der Waals surface area (Å²) in [5, 5.41) is 26.1. The van der Waals surface area contributed by atoms with E-state index in [0.29, 0.717) is 17.0 Å². The minimum Gasteiger partial charge on any atom is -0.387 e. The van der Waals surface area contributed by atoms with Crippen LogP contribution in [0.2, 0.25) is 0 Å². The van der Waals surface area contributed by atoms with Gasteiger partial charge in [-0.05, 0) is 37.5 Å². The van der Waals surface area contributed by atoms with Crippen LogP contribution in [-0.4, -0.2) is 101 Å². The molecule has 32 heavy (non-hydrogen) atoms. The van der Waals surface area contributed by atoms with Crippen LogP contribution in [0.15, 0.2) is 0 Å². The molecule has 1 saturated carbocycles. The van der Waals surface area contributed by atoms with Crippen molar-refractivity contribution in [1.82, 2.24) is 10.2 Å². The van der Waals surface area contributed by atoms with E-state index in [0.717, 1.165) is 58.3 Å². The molecule has 5 rings (SSSR count). The van der Waals surface area contributed by atoms with Crippen LogP contribution in [0.25, 0.3) is 0 Å². The highest BCUT2D eigenvalue weighted by molar-refractivity contribution is 6.20. The van der Waals surface area contributed by atoms with Crippen molar-refractivity contribution in [2.24, 2.45) is 23.5 Å². The van der Waals surface area contributed by atoms with Gasteiger partial charge in [0.05, 0.1) is 38.4 Å². The molecule has 0 aromatic carbocycles. The summed E-state index contributed by atoms with van der Waals surface area (Å²) >= 11 is 6.68. The van der Waals surface area contributed by atoms with Crippen LogP contribution in [0.3, 0.4) is 0 Å². The molecule has 5 fully saturated rings. The van der Waals surface area contributed by atoms with Crippen LogP contribution in [0.4, 0.5) is 0 Å². The summed E-state index contributed by atoms with van der Waals surface area (Å²) in [5.41, 5.74) is 6.46. The van der Waals surface area contributed by atoms with E-state index >= 15 is 0 Å². The van der Waals surface area contributed by atoms with Crippen molar-refractivity contribution in [1.29, 1.82) is 0 Å². The molecule has 0 spiro atoms. The Morgan fingerprint density at radius 1 is 1.09 bits per heavy atom. The Balaban J connectivity index is 1.39. The molecule has 1 aliphatic carbocycles. The molecule has 4 saturated heterocycles. The van der Waals surface area contributed by atoms with Crippen molar-refractivity contribution >= 4 is 11.6 Å². The van der Waals surface area contributed by atoms with Gasteiger partial charge in [-0.2, -0.15) is 0 Å². The van der Waals surface area contributed by atoms with Gasteiger partial charge in [-0.15, -0.1) is 11.6 Å². The average molecular weight is 474 g/mol. The lowest BCUT2D eigenvalue weighted by atomic mass is 9.71. The number of halogens is 1. The Hall–Kier alpha value is -0.0300. The van der Waals surface area contributed by atoms with E-state index in [-0.39, 0.29) is 35.6 Å². The van der Waals surface area contributed by atoms with Crippen LogP contribution in [0.5, 0.6) is 0 Å². The van der Waals surface area contributed by atoms with Crippen molar-refractivity contribution in [2.45, 2.75) is 93.8 Å². The average Bonchev–Trinajstić information content (AvgIpc) is 3.29. The number of nitrogens with zero attached hydrogens (tertiary/aromatic N) is 2. The molecule has 0 amide bonds. The second kappa shape index (κ2) is 9.21. The highest BCUT2D eigenvalue weighted by Gasteiger charge is 2.63. The predicted molar refractivity (Wildman–Crippen MR) is 121 cm³/mol. The lowest BCUT2D eigenvalue weighted by molar-refractivity contribution is -0.979. The molecule has 0 aromatic rings. The Kier molecular flexibility index (Phi) is 6.82. The maximum atomic E-state index is 11.3. The number of nitrogens with two attached hydrogens (primary N) is 1. The van der Waals surface area contributed by atoms with Crippen molar-refractivity contribution in [2.75, 3.05) is 33.4 Å². The van der Waals surface area contributed by atoms with E-state index < -0.39 is 24.5 Å². The smallest absolute Gasteiger partial charge is 0.224 e. The van der Waals surface area contributed by atoms with Gasteiger partial charge in [0.25, 0.3) is 0 Å². The minimum absolute atomic E-state index is 0.0577. The SMILES string of the molecule is CCCN1CNC(N)C2CC[N+](C)([C@@H]3O[C@H]([C@@H]4OCCC5C(Cl)CCCC54)[C@@H](O)[C@H]3O)C21. The van der Waals surface area contributed by atoms with Gasteiger partial charge < -0.3 is 25.4 Å². The van der Waals surface area contributed by atoms with E-state index in [1.807, 2.05) is 0 Å². The van der Waals surface area contributed by atoms with E-state index in [1.54, 1.807) is 0 Å². The molecule has 5 aliphatic rings. The number of alkyl halides is 1. The van der Waals surface area contributed by atoms with Gasteiger partial charge in [0.2, 0.25) is 6.23 Å². The number of fused-ring (bicyclic) bond motifs is 2. The molecule has 12 atom stereocenters. The van der Waals surface area contributed by atoms with Gasteiger partial charge in [0.1, 0.15) is 12.2 Å². The van der Waals surface area contributed by atoms with Gasteiger partial charge in [0.15, 0.2) is 12.3 Å². The van der Waals surface area contributed by atoms with Crippen molar-refractivity contribution < 1.29 is 24.2 Å². The van der Waals surface area contributed by atoms with Crippen molar-refractivity contribution in [3.63, 3.8) is 0 Å². The fourth-order valence-electron chi connectivity index (χ4n) is 7.69. The van der Waals surface area contributed by atoms with Crippen LogP contribution in [-0.2, 0) is 9.47 Å². The summed E-state index contributed by atoms with van der Waals surface area (Å²) in [6.07, 6.45) is 3.16. The number of quaternary nitrogens is 1. The number of rotatable bonds is 4. The van der Waals surface area contributed by atoms with Gasteiger partial charge in [-0.3, -0.25) is 9.80 Å². The number of aliphatic hydroxyl groups excluding tert-OH is 2. The molecule has 8 nitrogen and oxygen atoms in total. The third-order valence-electron chi connectivity index (χ3n) is 9.20. The quantitative estimate of drug-likeness (QED) is 0.350. The highest BCUT2D eigenvalue weighted by atomic mass is 35.5. The highest BCUT2D eigenvalue weighted by Crippen LogP contribution is 2.47. The largest absolute Gasteiger partial charge is 0.387 e. The molecule has 5 N–H and O–H groups in total.